The number of nitrogens with one attached hydrogen (secondary N) is 1. The molecule has 4 heteroatoms. The van der Waals surface area contributed by atoms with Gasteiger partial charge in [0.15, 0.2) is 5.82 Å². The van der Waals surface area contributed by atoms with E-state index in [0.29, 0.717) is 0 Å². The Bertz CT molecular complexity index is 222. The molecule has 0 atom stereocenters. The standard InChI is InChI=1S/C8H15N3O/c1-3-8-10-7(11-12-8)5-4-6-9-2/h9H,3-6H2,1-2H3. The summed E-state index contributed by atoms with van der Waals surface area (Å²) in [7, 11) is 1.94. The minimum absolute atomic E-state index is 0.731. The van der Waals surface area contributed by atoms with E-state index in [1.807, 2.05) is 14.0 Å². The van der Waals surface area contributed by atoms with Crippen molar-refractivity contribution in [2.24, 2.45) is 0 Å². The van der Waals surface area contributed by atoms with E-state index >= 15 is 0 Å². The van der Waals surface area contributed by atoms with Crippen LogP contribution in [0.2, 0.25) is 0 Å². The normalized spacial score (nSPS) is 10.5. The fourth-order valence-corrected chi connectivity index (χ4v) is 0.959. The Kier molecular flexibility index (Phi) is 3.73. The third-order valence-electron chi connectivity index (χ3n) is 1.64. The molecule has 68 valence electrons. The molecule has 0 radical (unpaired) electrons. The van der Waals surface area contributed by atoms with Crippen molar-refractivity contribution in [1.29, 1.82) is 0 Å². The Hall–Kier alpha value is -0.900. The van der Waals surface area contributed by atoms with E-state index < -0.39 is 0 Å². The molecule has 1 N–H and O–H groups in total. The van der Waals surface area contributed by atoms with Crippen molar-refractivity contribution in [3.63, 3.8) is 0 Å². The van der Waals surface area contributed by atoms with Gasteiger partial charge in [-0.2, -0.15) is 4.98 Å². The summed E-state index contributed by atoms with van der Waals surface area (Å²) in [5, 5.41) is 6.92. The van der Waals surface area contributed by atoms with Gasteiger partial charge in [0.25, 0.3) is 0 Å². The van der Waals surface area contributed by atoms with Crippen LogP contribution < -0.4 is 5.32 Å². The van der Waals surface area contributed by atoms with Gasteiger partial charge in [-0.05, 0) is 20.0 Å². The zero-order chi connectivity index (χ0) is 8.81. The highest BCUT2D eigenvalue weighted by Crippen LogP contribution is 1.99. The van der Waals surface area contributed by atoms with Gasteiger partial charge >= 0.3 is 0 Å². The van der Waals surface area contributed by atoms with Gasteiger partial charge in [-0.1, -0.05) is 12.1 Å². The lowest BCUT2D eigenvalue weighted by Crippen LogP contribution is -2.08. The van der Waals surface area contributed by atoms with E-state index in [1.54, 1.807) is 0 Å². The van der Waals surface area contributed by atoms with Gasteiger partial charge in [-0.15, -0.1) is 0 Å². The SMILES string of the molecule is CCc1nc(CCCNC)no1. The monoisotopic (exact) mass is 169 g/mol. The number of hydrogen-bond acceptors (Lipinski definition) is 4. The molecule has 12 heavy (non-hydrogen) atoms. The smallest absolute Gasteiger partial charge is 0.226 e. The minimum Gasteiger partial charge on any atom is -0.339 e. The zero-order valence-corrected chi connectivity index (χ0v) is 7.63. The van der Waals surface area contributed by atoms with Crippen molar-refractivity contribution in [1.82, 2.24) is 15.5 Å². The van der Waals surface area contributed by atoms with Crippen molar-refractivity contribution < 1.29 is 4.52 Å². The molecule has 0 aliphatic rings. The van der Waals surface area contributed by atoms with E-state index in [0.717, 1.165) is 37.5 Å². The summed E-state index contributed by atoms with van der Waals surface area (Å²) in [6, 6.07) is 0. The van der Waals surface area contributed by atoms with Crippen LogP contribution in [0.4, 0.5) is 0 Å². The van der Waals surface area contributed by atoms with Crippen molar-refractivity contribution >= 4 is 0 Å². The summed E-state index contributed by atoms with van der Waals surface area (Å²) in [5.74, 6) is 1.55. The predicted molar refractivity (Wildman–Crippen MR) is 45.9 cm³/mol. The molecule has 1 aromatic heterocycles. The van der Waals surface area contributed by atoms with Crippen LogP contribution in [0.5, 0.6) is 0 Å². The first-order chi connectivity index (χ1) is 5.86. The number of nitrogens with zero attached hydrogens (tertiary/aromatic N) is 2. The Morgan fingerprint density at radius 1 is 1.50 bits per heavy atom. The summed E-state index contributed by atoms with van der Waals surface area (Å²) >= 11 is 0. The largest absolute Gasteiger partial charge is 0.339 e. The lowest BCUT2D eigenvalue weighted by atomic mass is 10.3. The van der Waals surface area contributed by atoms with Crippen LogP contribution in [-0.2, 0) is 12.8 Å². The fraction of sp³-hybridized carbons (Fsp3) is 0.750. The molecular weight excluding hydrogens is 154 g/mol. The van der Waals surface area contributed by atoms with Gasteiger partial charge in [0, 0.05) is 12.8 Å². The molecule has 1 aromatic rings. The van der Waals surface area contributed by atoms with Crippen molar-refractivity contribution in [3.8, 4) is 0 Å². The van der Waals surface area contributed by atoms with Crippen molar-refractivity contribution in [2.75, 3.05) is 13.6 Å². The van der Waals surface area contributed by atoms with Crippen LogP contribution in [-0.4, -0.2) is 23.7 Å². The molecule has 0 bridgehead atoms. The average molecular weight is 169 g/mol. The minimum atomic E-state index is 0.731. The molecule has 1 rings (SSSR count). The number of aromatic nitrogens is 2. The molecule has 0 fully saturated rings. The molecular formula is C8H15N3O. The maximum Gasteiger partial charge on any atom is 0.226 e. The molecule has 4 nitrogen and oxygen atoms in total. The molecule has 0 saturated carbocycles. The van der Waals surface area contributed by atoms with E-state index in [-0.39, 0.29) is 0 Å². The molecule has 0 aliphatic heterocycles. The van der Waals surface area contributed by atoms with Gasteiger partial charge in [0.05, 0.1) is 0 Å². The first kappa shape index (κ1) is 9.19. The summed E-state index contributed by atoms with van der Waals surface area (Å²) in [6.45, 7) is 3.00. The van der Waals surface area contributed by atoms with E-state index in [4.69, 9.17) is 4.52 Å². The van der Waals surface area contributed by atoms with Gasteiger partial charge in [0.1, 0.15) is 0 Å². The summed E-state index contributed by atoms with van der Waals surface area (Å²) < 4.78 is 4.96. The summed E-state index contributed by atoms with van der Waals surface area (Å²) in [6.07, 6.45) is 2.77. The van der Waals surface area contributed by atoms with Crippen LogP contribution in [0.3, 0.4) is 0 Å². The van der Waals surface area contributed by atoms with E-state index in [9.17, 15) is 0 Å². The first-order valence-corrected chi connectivity index (χ1v) is 4.33. The highest BCUT2D eigenvalue weighted by molar-refractivity contribution is 4.85. The van der Waals surface area contributed by atoms with Crippen LogP contribution in [0, 0.1) is 0 Å². The van der Waals surface area contributed by atoms with Crippen LogP contribution in [0.1, 0.15) is 25.1 Å². The van der Waals surface area contributed by atoms with Gasteiger partial charge in [-0.3, -0.25) is 0 Å². The first-order valence-electron chi connectivity index (χ1n) is 4.33. The highest BCUT2D eigenvalue weighted by Gasteiger charge is 2.02. The Morgan fingerprint density at radius 2 is 2.33 bits per heavy atom. The third-order valence-corrected chi connectivity index (χ3v) is 1.64. The molecule has 0 amide bonds. The Balaban J connectivity index is 2.31. The summed E-state index contributed by atoms with van der Waals surface area (Å²) in [4.78, 5) is 4.19. The lowest BCUT2D eigenvalue weighted by molar-refractivity contribution is 0.376. The lowest BCUT2D eigenvalue weighted by Gasteiger charge is -1.93. The number of rotatable bonds is 5. The fourth-order valence-electron chi connectivity index (χ4n) is 0.959. The van der Waals surface area contributed by atoms with Crippen LogP contribution in [0.25, 0.3) is 0 Å². The number of aryl methyl sites for hydroxylation is 2. The third kappa shape index (κ3) is 2.62. The average Bonchev–Trinajstić information content (AvgIpc) is 2.53. The second-order valence-corrected chi connectivity index (χ2v) is 2.67. The molecule has 0 aliphatic carbocycles. The second kappa shape index (κ2) is 4.87. The van der Waals surface area contributed by atoms with Crippen LogP contribution in [0.15, 0.2) is 4.52 Å². The topological polar surface area (TPSA) is 51.0 Å². The second-order valence-electron chi connectivity index (χ2n) is 2.67. The molecule has 0 aromatic carbocycles. The molecule has 1 heterocycles. The predicted octanol–water partition coefficient (Wildman–Crippen LogP) is 0.784. The Morgan fingerprint density at radius 3 is 2.92 bits per heavy atom. The van der Waals surface area contributed by atoms with Crippen LogP contribution >= 0.6 is 0 Å². The molecule has 0 spiro atoms. The van der Waals surface area contributed by atoms with Crippen molar-refractivity contribution in [3.05, 3.63) is 11.7 Å². The zero-order valence-electron chi connectivity index (χ0n) is 7.63. The molecule has 0 unspecified atom stereocenters. The highest BCUT2D eigenvalue weighted by atomic mass is 16.5. The van der Waals surface area contributed by atoms with E-state index in [2.05, 4.69) is 15.5 Å². The molecule has 0 saturated heterocycles. The van der Waals surface area contributed by atoms with E-state index in [1.165, 1.54) is 0 Å². The quantitative estimate of drug-likeness (QED) is 0.662. The number of hydrogen-bond donors (Lipinski definition) is 1. The van der Waals surface area contributed by atoms with Gasteiger partial charge in [-0.25, -0.2) is 0 Å². The van der Waals surface area contributed by atoms with Gasteiger partial charge < -0.3 is 9.84 Å². The Labute approximate surface area is 72.4 Å². The summed E-state index contributed by atoms with van der Waals surface area (Å²) in [5.41, 5.74) is 0. The van der Waals surface area contributed by atoms with Crippen molar-refractivity contribution in [2.45, 2.75) is 26.2 Å². The maximum atomic E-state index is 4.96. The van der Waals surface area contributed by atoms with Gasteiger partial charge in [0.2, 0.25) is 5.89 Å². The maximum absolute atomic E-state index is 4.96.